The van der Waals surface area contributed by atoms with Crippen molar-refractivity contribution in [2.75, 3.05) is 19.1 Å². The number of hydrogen-bond donors (Lipinski definition) is 0. The first kappa shape index (κ1) is 13.5. The molecule has 0 heterocycles. The standard InChI is InChI=1S/C12H13ClO4/c1-2-16-12(15)8-17-10-5-3-9(4-6-10)11(14)7-13/h3-6H,2,7-8H2,1H3. The van der Waals surface area contributed by atoms with Gasteiger partial charge in [0, 0.05) is 5.56 Å². The van der Waals surface area contributed by atoms with Gasteiger partial charge in [-0.1, -0.05) is 0 Å². The lowest BCUT2D eigenvalue weighted by atomic mass is 10.1. The second-order valence-corrected chi connectivity index (χ2v) is 3.44. The van der Waals surface area contributed by atoms with Crippen molar-refractivity contribution in [1.29, 1.82) is 0 Å². The average Bonchev–Trinajstić information content (AvgIpc) is 2.36. The monoisotopic (exact) mass is 256 g/mol. The van der Waals surface area contributed by atoms with Gasteiger partial charge in [-0.25, -0.2) is 4.79 Å². The molecule has 0 amide bonds. The van der Waals surface area contributed by atoms with Crippen molar-refractivity contribution in [3.05, 3.63) is 29.8 Å². The molecule has 0 saturated heterocycles. The molecule has 92 valence electrons. The molecular weight excluding hydrogens is 244 g/mol. The van der Waals surface area contributed by atoms with Crippen molar-refractivity contribution in [2.24, 2.45) is 0 Å². The smallest absolute Gasteiger partial charge is 0.344 e. The largest absolute Gasteiger partial charge is 0.482 e. The van der Waals surface area contributed by atoms with Gasteiger partial charge in [-0.05, 0) is 31.2 Å². The average molecular weight is 257 g/mol. The fourth-order valence-corrected chi connectivity index (χ4v) is 1.31. The number of hydrogen-bond acceptors (Lipinski definition) is 4. The molecule has 0 saturated carbocycles. The number of Topliss-reactive ketones (excluding diaryl/α,β-unsaturated/α-hetero) is 1. The molecule has 0 unspecified atom stereocenters. The molecule has 0 bridgehead atoms. The van der Waals surface area contributed by atoms with Gasteiger partial charge in [0.2, 0.25) is 0 Å². The topological polar surface area (TPSA) is 52.6 Å². The van der Waals surface area contributed by atoms with Crippen LogP contribution in [0.4, 0.5) is 0 Å². The number of benzene rings is 1. The zero-order valence-electron chi connectivity index (χ0n) is 9.44. The molecule has 0 aliphatic carbocycles. The van der Waals surface area contributed by atoms with Crippen LogP contribution in [0.5, 0.6) is 5.75 Å². The minimum Gasteiger partial charge on any atom is -0.482 e. The van der Waals surface area contributed by atoms with E-state index in [1.807, 2.05) is 0 Å². The highest BCUT2D eigenvalue weighted by Gasteiger charge is 2.05. The maximum atomic E-state index is 11.2. The Morgan fingerprint density at radius 1 is 1.24 bits per heavy atom. The molecule has 1 aromatic rings. The van der Waals surface area contributed by atoms with E-state index in [-0.39, 0.29) is 18.3 Å². The molecular formula is C12H13ClO4. The summed E-state index contributed by atoms with van der Waals surface area (Å²) in [5.41, 5.74) is 0.517. The van der Waals surface area contributed by atoms with E-state index in [0.717, 1.165) is 0 Å². The second kappa shape index (κ2) is 6.91. The third kappa shape index (κ3) is 4.44. The number of halogens is 1. The van der Waals surface area contributed by atoms with Crippen LogP contribution in [0.25, 0.3) is 0 Å². The van der Waals surface area contributed by atoms with E-state index >= 15 is 0 Å². The lowest BCUT2D eigenvalue weighted by molar-refractivity contribution is -0.145. The van der Waals surface area contributed by atoms with Crippen LogP contribution >= 0.6 is 11.6 Å². The maximum absolute atomic E-state index is 11.2. The number of carbonyl (C=O) groups excluding carboxylic acids is 2. The highest BCUT2D eigenvalue weighted by molar-refractivity contribution is 6.30. The van der Waals surface area contributed by atoms with Crippen molar-refractivity contribution >= 4 is 23.4 Å². The summed E-state index contributed by atoms with van der Waals surface area (Å²) in [6.45, 7) is 1.91. The van der Waals surface area contributed by atoms with Gasteiger partial charge in [-0.3, -0.25) is 4.79 Å². The Hall–Kier alpha value is -1.55. The first-order valence-electron chi connectivity index (χ1n) is 5.15. The van der Waals surface area contributed by atoms with Crippen molar-refractivity contribution in [1.82, 2.24) is 0 Å². The summed E-state index contributed by atoms with van der Waals surface area (Å²) in [4.78, 5) is 22.2. The van der Waals surface area contributed by atoms with Gasteiger partial charge in [0.05, 0.1) is 12.5 Å². The van der Waals surface area contributed by atoms with Gasteiger partial charge >= 0.3 is 5.97 Å². The molecule has 0 N–H and O–H groups in total. The second-order valence-electron chi connectivity index (χ2n) is 3.17. The predicted octanol–water partition coefficient (Wildman–Crippen LogP) is 2.05. The summed E-state index contributed by atoms with van der Waals surface area (Å²) in [6, 6.07) is 6.43. The number of rotatable bonds is 6. The summed E-state index contributed by atoms with van der Waals surface area (Å²) >= 11 is 5.42. The summed E-state index contributed by atoms with van der Waals surface area (Å²) in [5.74, 6) is -0.121. The van der Waals surface area contributed by atoms with Crippen LogP contribution < -0.4 is 4.74 Å². The highest BCUT2D eigenvalue weighted by Crippen LogP contribution is 2.13. The summed E-state index contributed by atoms with van der Waals surface area (Å²) in [5, 5.41) is 0. The minimum atomic E-state index is -0.423. The van der Waals surface area contributed by atoms with Crippen molar-refractivity contribution in [3.63, 3.8) is 0 Å². The maximum Gasteiger partial charge on any atom is 0.344 e. The summed E-state index contributed by atoms with van der Waals surface area (Å²) in [6.07, 6.45) is 0. The number of esters is 1. The molecule has 0 atom stereocenters. The Morgan fingerprint density at radius 3 is 2.41 bits per heavy atom. The van der Waals surface area contributed by atoms with Crippen LogP contribution in [0.15, 0.2) is 24.3 Å². The predicted molar refractivity (Wildman–Crippen MR) is 63.6 cm³/mol. The van der Waals surface area contributed by atoms with Crippen LogP contribution in [-0.4, -0.2) is 30.8 Å². The molecule has 0 radical (unpaired) electrons. The number of ether oxygens (including phenoxy) is 2. The van der Waals surface area contributed by atoms with E-state index in [9.17, 15) is 9.59 Å². The van der Waals surface area contributed by atoms with Crippen molar-refractivity contribution in [2.45, 2.75) is 6.92 Å². The Labute approximate surface area is 104 Å². The minimum absolute atomic E-state index is 0.0525. The SMILES string of the molecule is CCOC(=O)COc1ccc(C(=O)CCl)cc1. The van der Waals surface area contributed by atoms with E-state index in [2.05, 4.69) is 0 Å². The van der Waals surface area contributed by atoms with Gasteiger partial charge < -0.3 is 9.47 Å². The molecule has 0 aliphatic heterocycles. The molecule has 0 fully saturated rings. The number of carbonyl (C=O) groups is 2. The van der Waals surface area contributed by atoms with Crippen LogP contribution in [-0.2, 0) is 9.53 Å². The van der Waals surface area contributed by atoms with Crippen molar-refractivity contribution < 1.29 is 19.1 Å². The normalized spacial score (nSPS) is 9.76. The zero-order chi connectivity index (χ0) is 12.7. The van der Waals surface area contributed by atoms with Gasteiger partial charge in [0.15, 0.2) is 12.4 Å². The van der Waals surface area contributed by atoms with E-state index in [4.69, 9.17) is 21.1 Å². The summed E-state index contributed by atoms with van der Waals surface area (Å²) in [7, 11) is 0. The van der Waals surface area contributed by atoms with Crippen LogP contribution in [0.1, 0.15) is 17.3 Å². The lowest BCUT2D eigenvalue weighted by Crippen LogP contribution is -2.14. The number of ketones is 1. The van der Waals surface area contributed by atoms with Crippen LogP contribution in [0.2, 0.25) is 0 Å². The molecule has 0 aliphatic rings. The quantitative estimate of drug-likeness (QED) is 0.444. The van der Waals surface area contributed by atoms with Gasteiger partial charge in [0.25, 0.3) is 0 Å². The first-order chi connectivity index (χ1) is 8.17. The van der Waals surface area contributed by atoms with Crippen LogP contribution in [0, 0.1) is 0 Å². The summed E-state index contributed by atoms with van der Waals surface area (Å²) < 4.78 is 9.88. The molecule has 1 aromatic carbocycles. The first-order valence-corrected chi connectivity index (χ1v) is 5.68. The van der Waals surface area contributed by atoms with E-state index in [1.54, 1.807) is 31.2 Å². The Kier molecular flexibility index (Phi) is 5.49. The Morgan fingerprint density at radius 2 is 1.88 bits per heavy atom. The van der Waals surface area contributed by atoms with E-state index in [0.29, 0.717) is 17.9 Å². The molecule has 5 heteroatoms. The Balaban J connectivity index is 2.51. The van der Waals surface area contributed by atoms with E-state index < -0.39 is 5.97 Å². The van der Waals surface area contributed by atoms with Crippen LogP contribution in [0.3, 0.4) is 0 Å². The van der Waals surface area contributed by atoms with Crippen molar-refractivity contribution in [3.8, 4) is 5.75 Å². The molecule has 0 spiro atoms. The molecule has 4 nitrogen and oxygen atoms in total. The molecule has 0 aromatic heterocycles. The Bertz CT molecular complexity index is 386. The van der Waals surface area contributed by atoms with Gasteiger partial charge in [-0.15, -0.1) is 11.6 Å². The van der Waals surface area contributed by atoms with Gasteiger partial charge in [-0.2, -0.15) is 0 Å². The molecule has 1 rings (SSSR count). The van der Waals surface area contributed by atoms with Gasteiger partial charge in [0.1, 0.15) is 5.75 Å². The highest BCUT2D eigenvalue weighted by atomic mass is 35.5. The zero-order valence-corrected chi connectivity index (χ0v) is 10.2. The number of alkyl halides is 1. The molecule has 17 heavy (non-hydrogen) atoms. The lowest BCUT2D eigenvalue weighted by Gasteiger charge is -2.06. The fraction of sp³-hybridized carbons (Fsp3) is 0.333. The fourth-order valence-electron chi connectivity index (χ4n) is 1.16. The third-order valence-corrected chi connectivity index (χ3v) is 2.20. The van der Waals surface area contributed by atoms with E-state index in [1.165, 1.54) is 0 Å². The third-order valence-electron chi connectivity index (χ3n) is 1.96.